The first-order valence-corrected chi connectivity index (χ1v) is 10.2. The summed E-state index contributed by atoms with van der Waals surface area (Å²) in [6.45, 7) is 1.97. The van der Waals surface area contributed by atoms with Crippen molar-refractivity contribution >= 4 is 21.6 Å². The molecule has 0 saturated heterocycles. The summed E-state index contributed by atoms with van der Waals surface area (Å²) in [7, 11) is -3.62. The minimum atomic E-state index is -3.62. The van der Waals surface area contributed by atoms with E-state index in [4.69, 9.17) is 4.74 Å². The van der Waals surface area contributed by atoms with Gasteiger partial charge in [-0.1, -0.05) is 31.2 Å². The van der Waals surface area contributed by atoms with Gasteiger partial charge < -0.3 is 10.1 Å². The number of sulfonamides is 1. The van der Waals surface area contributed by atoms with Crippen LogP contribution in [0.5, 0.6) is 11.5 Å². The third kappa shape index (κ3) is 4.97. The zero-order chi connectivity index (χ0) is 20.0. The van der Waals surface area contributed by atoms with Crippen molar-refractivity contribution < 1.29 is 17.9 Å². The molecule has 1 amide bonds. The molecule has 3 rings (SSSR count). The molecule has 3 aromatic carbocycles. The highest BCUT2D eigenvalue weighted by molar-refractivity contribution is 7.89. The number of amides is 1. The van der Waals surface area contributed by atoms with Gasteiger partial charge in [-0.2, -0.15) is 0 Å². The van der Waals surface area contributed by atoms with Crippen LogP contribution < -0.4 is 14.8 Å². The van der Waals surface area contributed by atoms with Gasteiger partial charge in [0.25, 0.3) is 5.91 Å². The van der Waals surface area contributed by atoms with Gasteiger partial charge >= 0.3 is 0 Å². The average molecular weight is 396 g/mol. The lowest BCUT2D eigenvalue weighted by molar-refractivity contribution is 0.102. The molecule has 0 saturated carbocycles. The molecule has 0 aliphatic rings. The second kappa shape index (κ2) is 8.69. The van der Waals surface area contributed by atoms with Crippen LogP contribution in [0.2, 0.25) is 0 Å². The maximum absolute atomic E-state index is 12.5. The van der Waals surface area contributed by atoms with Gasteiger partial charge in [0.05, 0.1) is 4.90 Å². The molecule has 0 aliphatic heterocycles. The van der Waals surface area contributed by atoms with Gasteiger partial charge in [-0.05, 0) is 54.6 Å². The Morgan fingerprint density at radius 2 is 1.57 bits per heavy atom. The Balaban J connectivity index is 1.69. The molecule has 0 aliphatic carbocycles. The largest absolute Gasteiger partial charge is 0.457 e. The van der Waals surface area contributed by atoms with Crippen LogP contribution in [-0.2, 0) is 10.0 Å². The standard InChI is InChI=1S/C21H20N2O4S/c1-2-22-28(25,26)20-10-6-7-16(15-20)21(24)23-17-11-13-19(14-12-17)27-18-8-4-3-5-9-18/h3-15,22H,2H2,1H3,(H,23,24). The molecule has 3 aromatic rings. The predicted molar refractivity (Wildman–Crippen MR) is 108 cm³/mol. The zero-order valence-electron chi connectivity index (χ0n) is 15.3. The number of benzene rings is 3. The van der Waals surface area contributed by atoms with E-state index in [1.165, 1.54) is 18.2 Å². The number of ether oxygens (including phenoxy) is 1. The van der Waals surface area contributed by atoms with Crippen molar-refractivity contribution in [3.63, 3.8) is 0 Å². The molecule has 6 nitrogen and oxygen atoms in total. The Bertz CT molecular complexity index is 1050. The molecule has 144 valence electrons. The normalized spacial score (nSPS) is 11.0. The number of anilines is 1. The Hall–Kier alpha value is -3.16. The number of para-hydroxylation sites is 1. The van der Waals surface area contributed by atoms with Crippen LogP contribution in [0.3, 0.4) is 0 Å². The summed E-state index contributed by atoms with van der Waals surface area (Å²) in [5.74, 6) is 0.964. The third-order valence-corrected chi connectivity index (χ3v) is 5.38. The van der Waals surface area contributed by atoms with E-state index >= 15 is 0 Å². The van der Waals surface area contributed by atoms with Crippen molar-refractivity contribution in [1.82, 2.24) is 4.72 Å². The second-order valence-electron chi connectivity index (χ2n) is 5.92. The van der Waals surface area contributed by atoms with E-state index in [0.717, 1.165) is 5.75 Å². The lowest BCUT2D eigenvalue weighted by atomic mass is 10.2. The van der Waals surface area contributed by atoms with Crippen molar-refractivity contribution in [3.8, 4) is 11.5 Å². The molecule has 0 unspecified atom stereocenters. The van der Waals surface area contributed by atoms with Crippen LogP contribution >= 0.6 is 0 Å². The molecule has 0 aromatic heterocycles. The maximum Gasteiger partial charge on any atom is 0.255 e. The first-order chi connectivity index (χ1) is 13.5. The SMILES string of the molecule is CCNS(=O)(=O)c1cccc(C(=O)Nc2ccc(Oc3ccccc3)cc2)c1. The monoisotopic (exact) mass is 396 g/mol. The molecule has 2 N–H and O–H groups in total. The van der Waals surface area contributed by atoms with Gasteiger partial charge in [0.15, 0.2) is 0 Å². The highest BCUT2D eigenvalue weighted by atomic mass is 32.2. The molecule has 0 fully saturated rings. The molecule has 0 bridgehead atoms. The van der Waals surface area contributed by atoms with Crippen LogP contribution in [0.1, 0.15) is 17.3 Å². The molecular formula is C21H20N2O4S. The molecule has 0 atom stereocenters. The summed E-state index contributed by atoms with van der Waals surface area (Å²) in [6, 6.07) is 22.2. The van der Waals surface area contributed by atoms with Crippen LogP contribution in [-0.4, -0.2) is 20.9 Å². The average Bonchev–Trinajstić information content (AvgIpc) is 2.70. The first kappa shape index (κ1) is 19.6. The third-order valence-electron chi connectivity index (χ3n) is 3.83. The zero-order valence-corrected chi connectivity index (χ0v) is 16.1. The minimum Gasteiger partial charge on any atom is -0.457 e. The van der Waals surface area contributed by atoms with E-state index in [1.807, 2.05) is 30.3 Å². The predicted octanol–water partition coefficient (Wildman–Crippen LogP) is 4.03. The number of carbonyl (C=O) groups is 1. The van der Waals surface area contributed by atoms with Crippen LogP contribution in [0.15, 0.2) is 83.8 Å². The first-order valence-electron chi connectivity index (χ1n) is 8.72. The van der Waals surface area contributed by atoms with E-state index in [2.05, 4.69) is 10.0 Å². The van der Waals surface area contributed by atoms with E-state index < -0.39 is 15.9 Å². The Morgan fingerprint density at radius 1 is 0.893 bits per heavy atom. The smallest absolute Gasteiger partial charge is 0.255 e. The Labute approximate surface area is 164 Å². The Kier molecular flexibility index (Phi) is 6.08. The molecule has 28 heavy (non-hydrogen) atoms. The van der Waals surface area contributed by atoms with Gasteiger partial charge in [-0.15, -0.1) is 0 Å². The van der Waals surface area contributed by atoms with Crippen LogP contribution in [0.4, 0.5) is 5.69 Å². The molecule has 7 heteroatoms. The fourth-order valence-corrected chi connectivity index (χ4v) is 3.60. The van der Waals surface area contributed by atoms with Crippen LogP contribution in [0.25, 0.3) is 0 Å². The minimum absolute atomic E-state index is 0.0496. The maximum atomic E-state index is 12.5. The van der Waals surface area contributed by atoms with Gasteiger partial charge in [0, 0.05) is 17.8 Å². The molecule has 0 radical (unpaired) electrons. The van der Waals surface area contributed by atoms with Gasteiger partial charge in [-0.25, -0.2) is 13.1 Å². The van der Waals surface area contributed by atoms with Crippen LogP contribution in [0, 0.1) is 0 Å². The number of hydrogen-bond acceptors (Lipinski definition) is 4. The second-order valence-corrected chi connectivity index (χ2v) is 7.69. The van der Waals surface area contributed by atoms with Crippen molar-refractivity contribution in [2.24, 2.45) is 0 Å². The topological polar surface area (TPSA) is 84.5 Å². The van der Waals surface area contributed by atoms with Gasteiger partial charge in [0.1, 0.15) is 11.5 Å². The van der Waals surface area contributed by atoms with E-state index in [1.54, 1.807) is 37.3 Å². The fraction of sp³-hybridized carbons (Fsp3) is 0.0952. The molecule has 0 heterocycles. The Morgan fingerprint density at radius 3 is 2.25 bits per heavy atom. The van der Waals surface area contributed by atoms with E-state index in [9.17, 15) is 13.2 Å². The lowest BCUT2D eigenvalue weighted by Gasteiger charge is -2.09. The van der Waals surface area contributed by atoms with Crippen molar-refractivity contribution in [2.75, 3.05) is 11.9 Å². The van der Waals surface area contributed by atoms with Gasteiger partial charge in [-0.3, -0.25) is 4.79 Å². The van der Waals surface area contributed by atoms with E-state index in [0.29, 0.717) is 11.4 Å². The molecular weight excluding hydrogens is 376 g/mol. The summed E-state index contributed by atoms with van der Waals surface area (Å²) in [5, 5.41) is 2.75. The number of hydrogen-bond donors (Lipinski definition) is 2. The summed E-state index contributed by atoms with van der Waals surface area (Å²) < 4.78 is 32.3. The summed E-state index contributed by atoms with van der Waals surface area (Å²) in [5.41, 5.74) is 0.828. The lowest BCUT2D eigenvalue weighted by Crippen LogP contribution is -2.23. The van der Waals surface area contributed by atoms with Crippen molar-refractivity contribution in [2.45, 2.75) is 11.8 Å². The summed E-state index contributed by atoms with van der Waals surface area (Å²) in [4.78, 5) is 12.5. The summed E-state index contributed by atoms with van der Waals surface area (Å²) >= 11 is 0. The number of carbonyl (C=O) groups excluding carboxylic acids is 1. The van der Waals surface area contributed by atoms with E-state index in [-0.39, 0.29) is 17.0 Å². The van der Waals surface area contributed by atoms with Crippen molar-refractivity contribution in [1.29, 1.82) is 0 Å². The highest BCUT2D eigenvalue weighted by Crippen LogP contribution is 2.23. The van der Waals surface area contributed by atoms with Crippen molar-refractivity contribution in [3.05, 3.63) is 84.4 Å². The highest BCUT2D eigenvalue weighted by Gasteiger charge is 2.15. The quantitative estimate of drug-likeness (QED) is 0.631. The van der Waals surface area contributed by atoms with Gasteiger partial charge in [0.2, 0.25) is 10.0 Å². The number of nitrogens with one attached hydrogen (secondary N) is 2. The number of rotatable bonds is 7. The molecule has 0 spiro atoms. The summed E-state index contributed by atoms with van der Waals surface area (Å²) in [6.07, 6.45) is 0. The fourth-order valence-electron chi connectivity index (χ4n) is 2.51.